The Kier molecular flexibility index (Phi) is 5.69. The lowest BCUT2D eigenvalue weighted by Crippen LogP contribution is -2.35. The van der Waals surface area contributed by atoms with Crippen molar-refractivity contribution in [2.24, 2.45) is 5.92 Å². The fourth-order valence-electron chi connectivity index (χ4n) is 1.26. The number of alkyl halides is 3. The first-order valence-corrected chi connectivity index (χ1v) is 6.70. The van der Waals surface area contributed by atoms with Gasteiger partial charge in [0.2, 0.25) is 0 Å². The molecule has 1 aromatic carbocycles. The van der Waals surface area contributed by atoms with Gasteiger partial charge in [0.15, 0.2) is 5.92 Å². The highest BCUT2D eigenvalue weighted by Crippen LogP contribution is 2.37. The third-order valence-corrected chi connectivity index (χ3v) is 3.54. The maximum absolute atomic E-state index is 12.5. The topological polar surface area (TPSA) is 55.8 Å². The summed E-state index contributed by atoms with van der Waals surface area (Å²) in [7, 11) is 1.43. The number of carboxylic acid groups (broad SMARTS) is 1. The van der Waals surface area contributed by atoms with Crippen molar-refractivity contribution in [3.05, 3.63) is 21.1 Å². The summed E-state index contributed by atoms with van der Waals surface area (Å²) in [6, 6.07) is 2.88. The summed E-state index contributed by atoms with van der Waals surface area (Å²) in [5, 5.41) is 8.55. The van der Waals surface area contributed by atoms with E-state index in [0.29, 0.717) is 14.7 Å². The average molecular weight is 422 g/mol. The molecule has 0 saturated carbocycles. The van der Waals surface area contributed by atoms with Gasteiger partial charge < -0.3 is 14.6 Å². The monoisotopic (exact) mass is 420 g/mol. The zero-order chi connectivity index (χ0) is 15.5. The van der Waals surface area contributed by atoms with Gasteiger partial charge >= 0.3 is 12.1 Å². The first kappa shape index (κ1) is 17.1. The van der Waals surface area contributed by atoms with Crippen LogP contribution in [0.1, 0.15) is 0 Å². The Hall–Kier alpha value is -0.960. The molecule has 1 rings (SSSR count). The van der Waals surface area contributed by atoms with Gasteiger partial charge in [-0.3, -0.25) is 4.79 Å². The molecule has 1 unspecified atom stereocenters. The van der Waals surface area contributed by atoms with Crippen LogP contribution in [-0.2, 0) is 4.79 Å². The van der Waals surface area contributed by atoms with Crippen LogP contribution < -0.4 is 9.47 Å². The fourth-order valence-corrected chi connectivity index (χ4v) is 2.18. The van der Waals surface area contributed by atoms with Gasteiger partial charge in [-0.25, -0.2) is 0 Å². The summed E-state index contributed by atoms with van der Waals surface area (Å²) >= 11 is 6.26. The van der Waals surface area contributed by atoms with E-state index in [-0.39, 0.29) is 5.75 Å². The normalized spacial score (nSPS) is 12.9. The van der Waals surface area contributed by atoms with Crippen LogP contribution in [0.4, 0.5) is 13.2 Å². The molecule has 4 nitrogen and oxygen atoms in total. The van der Waals surface area contributed by atoms with Gasteiger partial charge in [-0.2, -0.15) is 13.2 Å². The Morgan fingerprint density at radius 3 is 2.25 bits per heavy atom. The quantitative estimate of drug-likeness (QED) is 0.784. The van der Waals surface area contributed by atoms with Crippen molar-refractivity contribution >= 4 is 37.8 Å². The minimum atomic E-state index is -4.87. The zero-order valence-corrected chi connectivity index (χ0v) is 13.2. The Morgan fingerprint density at radius 2 is 1.80 bits per heavy atom. The van der Waals surface area contributed by atoms with Crippen molar-refractivity contribution in [1.82, 2.24) is 0 Å². The second-order valence-corrected chi connectivity index (χ2v) is 5.37. The van der Waals surface area contributed by atoms with Crippen molar-refractivity contribution < 1.29 is 32.5 Å². The van der Waals surface area contributed by atoms with Crippen molar-refractivity contribution in [2.45, 2.75) is 6.18 Å². The van der Waals surface area contributed by atoms with E-state index in [1.165, 1.54) is 19.2 Å². The number of ether oxygens (including phenoxy) is 2. The first-order valence-electron chi connectivity index (χ1n) is 5.12. The number of hydrogen-bond acceptors (Lipinski definition) is 3. The number of aliphatic carboxylic acids is 1. The minimum absolute atomic E-state index is 0.0770. The molecule has 0 fully saturated rings. The summed E-state index contributed by atoms with van der Waals surface area (Å²) in [5.41, 5.74) is 0. The van der Waals surface area contributed by atoms with E-state index >= 15 is 0 Å². The molecule has 0 saturated heterocycles. The molecule has 0 spiro atoms. The molecule has 9 heteroatoms. The predicted octanol–water partition coefficient (Wildman–Crippen LogP) is 3.86. The van der Waals surface area contributed by atoms with E-state index in [0.717, 1.165) is 0 Å². The highest BCUT2D eigenvalue weighted by molar-refractivity contribution is 9.11. The van der Waals surface area contributed by atoms with Crippen LogP contribution >= 0.6 is 31.9 Å². The molecule has 1 aromatic rings. The van der Waals surface area contributed by atoms with Crippen molar-refractivity contribution in [1.29, 1.82) is 0 Å². The lowest BCUT2D eigenvalue weighted by Gasteiger charge is -2.17. The van der Waals surface area contributed by atoms with Crippen LogP contribution in [-0.4, -0.2) is 31.0 Å². The largest absolute Gasteiger partial charge is 0.496 e. The molecular weight excluding hydrogens is 413 g/mol. The van der Waals surface area contributed by atoms with Gasteiger partial charge in [-0.05, 0) is 44.0 Å². The minimum Gasteiger partial charge on any atom is -0.496 e. The number of methoxy groups -OCH3 is 1. The van der Waals surface area contributed by atoms with Crippen LogP contribution in [0.25, 0.3) is 0 Å². The molecule has 0 aromatic heterocycles. The number of hydrogen-bond donors (Lipinski definition) is 1. The molecule has 0 aliphatic carbocycles. The van der Waals surface area contributed by atoms with E-state index in [9.17, 15) is 18.0 Å². The summed E-state index contributed by atoms with van der Waals surface area (Å²) in [6.45, 7) is -1.02. The zero-order valence-electron chi connectivity index (χ0n) is 10.0. The number of carbonyl (C=O) groups is 1. The van der Waals surface area contributed by atoms with E-state index in [4.69, 9.17) is 14.6 Å². The lowest BCUT2D eigenvalue weighted by molar-refractivity contribution is -0.198. The van der Waals surface area contributed by atoms with Crippen LogP contribution in [0.15, 0.2) is 21.1 Å². The van der Waals surface area contributed by atoms with Crippen molar-refractivity contribution in [3.8, 4) is 11.5 Å². The molecule has 1 atom stereocenters. The molecule has 1 N–H and O–H groups in total. The standard InChI is InChI=1S/C11H9Br2F3O4/c1-19-8-2-7(13)9(3-6(8)12)20-4-5(10(17)18)11(14,15)16/h2-3,5H,4H2,1H3,(H,17,18). The van der Waals surface area contributed by atoms with Gasteiger partial charge in [0.1, 0.15) is 18.1 Å². The molecule has 0 radical (unpaired) electrons. The molecule has 0 amide bonds. The van der Waals surface area contributed by atoms with E-state index in [1.54, 1.807) is 0 Å². The number of benzene rings is 1. The maximum atomic E-state index is 12.5. The van der Waals surface area contributed by atoms with Crippen LogP contribution in [0.2, 0.25) is 0 Å². The molecule has 20 heavy (non-hydrogen) atoms. The Labute approximate surface area is 129 Å². The van der Waals surface area contributed by atoms with Crippen LogP contribution in [0.5, 0.6) is 11.5 Å². The SMILES string of the molecule is COc1cc(Br)c(OCC(C(=O)O)C(F)(F)F)cc1Br. The highest BCUT2D eigenvalue weighted by Gasteiger charge is 2.45. The number of rotatable bonds is 5. The molecular formula is C11H9Br2F3O4. The van der Waals surface area contributed by atoms with E-state index in [2.05, 4.69) is 31.9 Å². The summed E-state index contributed by atoms with van der Waals surface area (Å²) < 4.78 is 48.2. The lowest BCUT2D eigenvalue weighted by atomic mass is 10.1. The summed E-state index contributed by atoms with van der Waals surface area (Å²) in [4.78, 5) is 10.6. The van der Waals surface area contributed by atoms with Gasteiger partial charge in [0.05, 0.1) is 16.1 Å². The Balaban J connectivity index is 2.89. The maximum Gasteiger partial charge on any atom is 0.405 e. The van der Waals surface area contributed by atoms with E-state index in [1.807, 2.05) is 0 Å². The molecule has 0 heterocycles. The van der Waals surface area contributed by atoms with Gasteiger partial charge in [0.25, 0.3) is 0 Å². The fraction of sp³-hybridized carbons (Fsp3) is 0.364. The highest BCUT2D eigenvalue weighted by atomic mass is 79.9. The smallest absolute Gasteiger partial charge is 0.405 e. The first-order chi connectivity index (χ1) is 9.16. The average Bonchev–Trinajstić information content (AvgIpc) is 2.30. The van der Waals surface area contributed by atoms with Gasteiger partial charge in [-0.15, -0.1) is 0 Å². The molecule has 112 valence electrons. The third kappa shape index (κ3) is 4.27. The number of carboxylic acids is 1. The number of halogens is 5. The third-order valence-electron chi connectivity index (χ3n) is 2.31. The molecule has 0 aliphatic rings. The van der Waals surface area contributed by atoms with Crippen molar-refractivity contribution in [2.75, 3.05) is 13.7 Å². The second-order valence-electron chi connectivity index (χ2n) is 3.66. The molecule has 0 bridgehead atoms. The molecule has 0 aliphatic heterocycles. The summed E-state index contributed by atoms with van der Waals surface area (Å²) in [6.07, 6.45) is -4.87. The van der Waals surface area contributed by atoms with Gasteiger partial charge in [-0.1, -0.05) is 0 Å². The van der Waals surface area contributed by atoms with E-state index < -0.39 is 24.7 Å². The van der Waals surface area contributed by atoms with Crippen LogP contribution in [0, 0.1) is 5.92 Å². The summed E-state index contributed by atoms with van der Waals surface area (Å²) in [5.74, 6) is -4.04. The van der Waals surface area contributed by atoms with Gasteiger partial charge in [0, 0.05) is 0 Å². The Bertz CT molecular complexity index is 505. The second kappa shape index (κ2) is 6.66. The van der Waals surface area contributed by atoms with Crippen molar-refractivity contribution in [3.63, 3.8) is 0 Å². The van der Waals surface area contributed by atoms with Crippen LogP contribution in [0.3, 0.4) is 0 Å². The Morgan fingerprint density at radius 1 is 1.30 bits per heavy atom. The predicted molar refractivity (Wildman–Crippen MR) is 71.1 cm³/mol.